The van der Waals surface area contributed by atoms with Crippen molar-refractivity contribution in [3.05, 3.63) is 15.9 Å². The molecule has 1 aliphatic rings. The van der Waals surface area contributed by atoms with E-state index in [0.29, 0.717) is 12.3 Å². The summed E-state index contributed by atoms with van der Waals surface area (Å²) < 4.78 is 2.92. The lowest BCUT2D eigenvalue weighted by Crippen LogP contribution is -2.39. The van der Waals surface area contributed by atoms with Gasteiger partial charge in [0.2, 0.25) is 0 Å². The third-order valence-corrected chi connectivity index (χ3v) is 5.79. The highest BCUT2D eigenvalue weighted by molar-refractivity contribution is 9.10. The zero-order valence-corrected chi connectivity index (χ0v) is 14.0. The van der Waals surface area contributed by atoms with Crippen LogP contribution in [0.15, 0.2) is 4.47 Å². The molecule has 0 aromatic carbocycles. The molecule has 0 aliphatic heterocycles. The third kappa shape index (κ3) is 2.81. The summed E-state index contributed by atoms with van der Waals surface area (Å²) in [6.07, 6.45) is 6.19. The molecule has 0 amide bonds. The standard InChI is InChI=1S/C15H25BrN2O2/c1-3-12-14(16)13(18(2)17-12)8-15(9-19,10-20)11-6-4-5-7-11/h11,19-20H,3-10H2,1-2H3. The Kier molecular flexibility index (Phi) is 5.26. The molecule has 0 spiro atoms. The van der Waals surface area contributed by atoms with Crippen LogP contribution in [-0.4, -0.2) is 33.2 Å². The summed E-state index contributed by atoms with van der Waals surface area (Å²) in [6, 6.07) is 0. The van der Waals surface area contributed by atoms with E-state index in [4.69, 9.17) is 0 Å². The molecular weight excluding hydrogens is 320 g/mol. The van der Waals surface area contributed by atoms with Crippen molar-refractivity contribution in [2.24, 2.45) is 18.4 Å². The Morgan fingerprint density at radius 2 is 1.90 bits per heavy atom. The lowest BCUT2D eigenvalue weighted by Gasteiger charge is -2.36. The van der Waals surface area contributed by atoms with Gasteiger partial charge in [0.05, 0.1) is 29.1 Å². The Morgan fingerprint density at radius 1 is 1.30 bits per heavy atom. The fraction of sp³-hybridized carbons (Fsp3) is 0.800. The molecule has 1 aromatic heterocycles. The molecule has 1 aromatic rings. The average molecular weight is 345 g/mol. The van der Waals surface area contributed by atoms with E-state index in [1.54, 1.807) is 0 Å². The topological polar surface area (TPSA) is 58.3 Å². The number of hydrogen-bond acceptors (Lipinski definition) is 3. The molecule has 1 saturated carbocycles. The largest absolute Gasteiger partial charge is 0.396 e. The van der Waals surface area contributed by atoms with E-state index in [1.807, 2.05) is 11.7 Å². The number of aryl methyl sites for hydroxylation is 2. The summed E-state index contributed by atoms with van der Waals surface area (Å²) in [4.78, 5) is 0. The van der Waals surface area contributed by atoms with Gasteiger partial charge in [0.1, 0.15) is 0 Å². The van der Waals surface area contributed by atoms with E-state index in [9.17, 15) is 10.2 Å². The van der Waals surface area contributed by atoms with Crippen LogP contribution in [0, 0.1) is 11.3 Å². The Balaban J connectivity index is 2.30. The molecule has 1 aliphatic carbocycles. The minimum absolute atomic E-state index is 0.0350. The van der Waals surface area contributed by atoms with Crippen LogP contribution in [0.3, 0.4) is 0 Å². The van der Waals surface area contributed by atoms with Gasteiger partial charge in [-0.1, -0.05) is 19.8 Å². The van der Waals surface area contributed by atoms with Crippen LogP contribution in [0.25, 0.3) is 0 Å². The van der Waals surface area contributed by atoms with Gasteiger partial charge in [-0.2, -0.15) is 5.10 Å². The molecule has 1 fully saturated rings. The first-order valence-corrected chi connectivity index (χ1v) is 8.29. The van der Waals surface area contributed by atoms with E-state index in [0.717, 1.165) is 35.1 Å². The summed E-state index contributed by atoms with van der Waals surface area (Å²) in [7, 11) is 1.94. The predicted octanol–water partition coefficient (Wildman–Crippen LogP) is 2.45. The maximum atomic E-state index is 9.94. The molecule has 20 heavy (non-hydrogen) atoms. The number of hydrogen-bond donors (Lipinski definition) is 2. The van der Waals surface area contributed by atoms with Crippen molar-refractivity contribution in [3.63, 3.8) is 0 Å². The molecule has 0 bridgehead atoms. The molecule has 1 heterocycles. The summed E-state index contributed by atoms with van der Waals surface area (Å²) in [5.41, 5.74) is 1.70. The van der Waals surface area contributed by atoms with Crippen LogP contribution in [0.2, 0.25) is 0 Å². The van der Waals surface area contributed by atoms with E-state index >= 15 is 0 Å². The average Bonchev–Trinajstić information content (AvgIpc) is 3.08. The van der Waals surface area contributed by atoms with E-state index in [1.165, 1.54) is 12.8 Å². The van der Waals surface area contributed by atoms with Gasteiger partial charge in [-0.15, -0.1) is 0 Å². The maximum Gasteiger partial charge on any atom is 0.0766 e. The first kappa shape index (κ1) is 16.0. The van der Waals surface area contributed by atoms with Crippen molar-refractivity contribution < 1.29 is 10.2 Å². The minimum Gasteiger partial charge on any atom is -0.396 e. The lowest BCUT2D eigenvalue weighted by atomic mass is 9.72. The molecule has 0 saturated heterocycles. The fourth-order valence-corrected chi connectivity index (χ4v) is 4.20. The number of aromatic nitrogens is 2. The van der Waals surface area contributed by atoms with Gasteiger partial charge in [-0.05, 0) is 41.1 Å². The molecule has 0 atom stereocenters. The Labute approximate surface area is 129 Å². The highest BCUT2D eigenvalue weighted by Gasteiger charge is 2.40. The molecule has 4 nitrogen and oxygen atoms in total. The fourth-order valence-electron chi connectivity index (χ4n) is 3.45. The summed E-state index contributed by atoms with van der Waals surface area (Å²) >= 11 is 3.64. The van der Waals surface area contributed by atoms with E-state index < -0.39 is 5.41 Å². The van der Waals surface area contributed by atoms with E-state index in [-0.39, 0.29) is 13.2 Å². The van der Waals surface area contributed by atoms with Crippen LogP contribution in [0.1, 0.15) is 44.0 Å². The van der Waals surface area contributed by atoms with Crippen molar-refractivity contribution in [3.8, 4) is 0 Å². The van der Waals surface area contributed by atoms with Gasteiger partial charge in [0.25, 0.3) is 0 Å². The molecule has 0 unspecified atom stereocenters. The molecular formula is C15H25BrN2O2. The molecule has 114 valence electrons. The van der Waals surface area contributed by atoms with Crippen molar-refractivity contribution in [1.29, 1.82) is 0 Å². The summed E-state index contributed by atoms with van der Waals surface area (Å²) in [6.45, 7) is 2.15. The van der Waals surface area contributed by atoms with Crippen molar-refractivity contribution in [1.82, 2.24) is 9.78 Å². The Bertz CT molecular complexity index is 449. The third-order valence-electron chi connectivity index (χ3n) is 4.87. The molecule has 2 N–H and O–H groups in total. The molecule has 5 heteroatoms. The zero-order valence-electron chi connectivity index (χ0n) is 12.4. The van der Waals surface area contributed by atoms with Gasteiger partial charge in [-0.25, -0.2) is 0 Å². The first-order chi connectivity index (χ1) is 9.57. The number of nitrogens with zero attached hydrogens (tertiary/aromatic N) is 2. The predicted molar refractivity (Wildman–Crippen MR) is 82.6 cm³/mol. The number of aliphatic hydroxyl groups is 2. The van der Waals surface area contributed by atoms with Crippen LogP contribution in [0.4, 0.5) is 0 Å². The Morgan fingerprint density at radius 3 is 2.35 bits per heavy atom. The zero-order chi connectivity index (χ0) is 14.8. The minimum atomic E-state index is -0.419. The normalized spacial score (nSPS) is 17.1. The maximum absolute atomic E-state index is 9.94. The SMILES string of the molecule is CCc1nn(C)c(CC(CO)(CO)C2CCCC2)c1Br. The van der Waals surface area contributed by atoms with Crippen LogP contribution in [0.5, 0.6) is 0 Å². The van der Waals surface area contributed by atoms with Gasteiger partial charge in [0, 0.05) is 18.9 Å². The quantitative estimate of drug-likeness (QED) is 0.833. The highest BCUT2D eigenvalue weighted by atomic mass is 79.9. The Hall–Kier alpha value is -0.390. The second kappa shape index (κ2) is 6.58. The first-order valence-electron chi connectivity index (χ1n) is 7.50. The van der Waals surface area contributed by atoms with E-state index in [2.05, 4.69) is 28.0 Å². The highest BCUT2D eigenvalue weighted by Crippen LogP contribution is 2.43. The number of aliphatic hydroxyl groups excluding tert-OH is 2. The second-order valence-corrected chi connectivity index (χ2v) is 6.81. The smallest absolute Gasteiger partial charge is 0.0766 e. The number of halogens is 1. The van der Waals surface area contributed by atoms with Crippen LogP contribution >= 0.6 is 15.9 Å². The molecule has 2 rings (SSSR count). The van der Waals surface area contributed by atoms with Gasteiger partial charge in [-0.3, -0.25) is 4.68 Å². The lowest BCUT2D eigenvalue weighted by molar-refractivity contribution is 0.00421. The number of rotatable bonds is 6. The van der Waals surface area contributed by atoms with Gasteiger partial charge >= 0.3 is 0 Å². The summed E-state index contributed by atoms with van der Waals surface area (Å²) in [5, 5.41) is 24.4. The summed E-state index contributed by atoms with van der Waals surface area (Å²) in [5.74, 6) is 0.407. The second-order valence-electron chi connectivity index (χ2n) is 6.02. The van der Waals surface area contributed by atoms with Crippen LogP contribution < -0.4 is 0 Å². The molecule has 0 radical (unpaired) electrons. The van der Waals surface area contributed by atoms with Gasteiger partial charge < -0.3 is 10.2 Å². The van der Waals surface area contributed by atoms with Crippen LogP contribution in [-0.2, 0) is 19.9 Å². The van der Waals surface area contributed by atoms with Crippen molar-refractivity contribution in [2.75, 3.05) is 13.2 Å². The van der Waals surface area contributed by atoms with Crippen molar-refractivity contribution >= 4 is 15.9 Å². The monoisotopic (exact) mass is 344 g/mol. The van der Waals surface area contributed by atoms with Crippen molar-refractivity contribution in [2.45, 2.75) is 45.4 Å². The van der Waals surface area contributed by atoms with Gasteiger partial charge in [0.15, 0.2) is 0 Å².